The SMILES string of the molecule is Cc1nc2c(cnn2C(C)C)cc1C(=O)Nc1ccccc1NC(=O)c1ccc(Cl)cc1. The van der Waals surface area contributed by atoms with Crippen molar-refractivity contribution in [3.63, 3.8) is 0 Å². The number of fused-ring (bicyclic) bond motifs is 1. The molecule has 2 N–H and O–H groups in total. The van der Waals surface area contributed by atoms with E-state index in [-0.39, 0.29) is 17.9 Å². The van der Waals surface area contributed by atoms with E-state index in [1.807, 2.05) is 18.5 Å². The first kappa shape index (κ1) is 21.5. The standard InChI is InChI=1S/C24H22ClN5O2/c1-14(2)30-22-17(13-26-30)12-19(15(3)27-22)24(32)29-21-7-5-4-6-20(21)28-23(31)16-8-10-18(25)11-9-16/h4-14H,1-3H3,(H,28,31)(H,29,32). The van der Waals surface area contributed by atoms with E-state index >= 15 is 0 Å². The van der Waals surface area contributed by atoms with Crippen molar-refractivity contribution in [2.24, 2.45) is 0 Å². The average molecular weight is 448 g/mol. The lowest BCUT2D eigenvalue weighted by atomic mass is 10.1. The van der Waals surface area contributed by atoms with Crippen molar-refractivity contribution in [3.05, 3.63) is 82.6 Å². The molecule has 2 heterocycles. The van der Waals surface area contributed by atoms with Gasteiger partial charge in [0.2, 0.25) is 0 Å². The quantitative estimate of drug-likeness (QED) is 0.424. The number of amides is 2. The van der Waals surface area contributed by atoms with Gasteiger partial charge in [-0.1, -0.05) is 23.7 Å². The minimum atomic E-state index is -0.317. The molecule has 0 unspecified atom stereocenters. The van der Waals surface area contributed by atoms with Gasteiger partial charge in [0.15, 0.2) is 5.65 Å². The van der Waals surface area contributed by atoms with E-state index in [1.165, 1.54) is 0 Å². The zero-order valence-electron chi connectivity index (χ0n) is 17.9. The van der Waals surface area contributed by atoms with Gasteiger partial charge in [0.25, 0.3) is 11.8 Å². The number of carbonyl (C=O) groups is 2. The minimum absolute atomic E-state index is 0.162. The summed E-state index contributed by atoms with van der Waals surface area (Å²) in [5.41, 5.74) is 3.21. The first-order valence-electron chi connectivity index (χ1n) is 10.2. The van der Waals surface area contributed by atoms with E-state index in [9.17, 15) is 9.59 Å². The molecule has 4 aromatic rings. The van der Waals surface area contributed by atoms with Crippen LogP contribution in [0.15, 0.2) is 60.8 Å². The van der Waals surface area contributed by atoms with E-state index in [0.29, 0.717) is 33.2 Å². The zero-order chi connectivity index (χ0) is 22.8. The van der Waals surface area contributed by atoms with Gasteiger partial charge in [-0.05, 0) is 63.2 Å². The van der Waals surface area contributed by atoms with Crippen LogP contribution in [0.25, 0.3) is 11.0 Å². The smallest absolute Gasteiger partial charge is 0.257 e. The molecule has 162 valence electrons. The summed E-state index contributed by atoms with van der Waals surface area (Å²) in [6.07, 6.45) is 1.71. The van der Waals surface area contributed by atoms with Gasteiger partial charge < -0.3 is 10.6 Å². The molecule has 0 aliphatic rings. The van der Waals surface area contributed by atoms with Crippen LogP contribution >= 0.6 is 11.6 Å². The lowest BCUT2D eigenvalue weighted by molar-refractivity contribution is 0.101. The summed E-state index contributed by atoms with van der Waals surface area (Å²) in [7, 11) is 0. The van der Waals surface area contributed by atoms with Crippen molar-refractivity contribution in [2.75, 3.05) is 10.6 Å². The van der Waals surface area contributed by atoms with Crippen LogP contribution in [0.3, 0.4) is 0 Å². The third-order valence-electron chi connectivity index (χ3n) is 5.02. The molecular formula is C24H22ClN5O2. The van der Waals surface area contributed by atoms with Crippen LogP contribution in [0, 0.1) is 6.92 Å². The number of para-hydroxylation sites is 2. The van der Waals surface area contributed by atoms with Crippen LogP contribution in [-0.2, 0) is 0 Å². The van der Waals surface area contributed by atoms with Crippen LogP contribution in [0.1, 0.15) is 46.3 Å². The number of halogens is 1. The monoisotopic (exact) mass is 447 g/mol. The van der Waals surface area contributed by atoms with Gasteiger partial charge in [-0.3, -0.25) is 9.59 Å². The van der Waals surface area contributed by atoms with Crippen molar-refractivity contribution < 1.29 is 9.59 Å². The maximum Gasteiger partial charge on any atom is 0.257 e. The van der Waals surface area contributed by atoms with Crippen LogP contribution in [0.5, 0.6) is 0 Å². The van der Waals surface area contributed by atoms with Crippen molar-refractivity contribution in [2.45, 2.75) is 26.8 Å². The maximum atomic E-state index is 13.1. The number of anilines is 2. The number of rotatable bonds is 5. The molecule has 0 radical (unpaired) electrons. The molecule has 0 spiro atoms. The predicted octanol–water partition coefficient (Wildman–Crippen LogP) is 5.48. The Balaban J connectivity index is 1.58. The molecule has 0 aliphatic carbocycles. The van der Waals surface area contributed by atoms with Crippen molar-refractivity contribution in [1.29, 1.82) is 0 Å². The Morgan fingerprint density at radius 3 is 2.22 bits per heavy atom. The Labute approximate surface area is 190 Å². The highest BCUT2D eigenvalue weighted by molar-refractivity contribution is 6.30. The molecule has 0 bridgehead atoms. The van der Waals surface area contributed by atoms with Crippen molar-refractivity contribution >= 4 is 45.8 Å². The van der Waals surface area contributed by atoms with E-state index < -0.39 is 0 Å². The first-order valence-corrected chi connectivity index (χ1v) is 10.5. The fraction of sp³-hybridized carbons (Fsp3) is 0.167. The number of aryl methyl sites for hydroxylation is 1. The van der Waals surface area contributed by atoms with Crippen LogP contribution in [-0.4, -0.2) is 26.6 Å². The van der Waals surface area contributed by atoms with Crippen LogP contribution < -0.4 is 10.6 Å². The molecule has 0 fully saturated rings. The summed E-state index contributed by atoms with van der Waals surface area (Å²) in [5.74, 6) is -0.619. The highest BCUT2D eigenvalue weighted by Gasteiger charge is 2.17. The average Bonchev–Trinajstić information content (AvgIpc) is 3.18. The lowest BCUT2D eigenvalue weighted by Gasteiger charge is -2.13. The summed E-state index contributed by atoms with van der Waals surface area (Å²) < 4.78 is 1.83. The molecular weight excluding hydrogens is 426 g/mol. The maximum absolute atomic E-state index is 13.1. The van der Waals surface area contributed by atoms with Crippen LogP contribution in [0.4, 0.5) is 11.4 Å². The van der Waals surface area contributed by atoms with Gasteiger partial charge >= 0.3 is 0 Å². The van der Waals surface area contributed by atoms with Gasteiger partial charge in [-0.2, -0.15) is 5.10 Å². The van der Waals surface area contributed by atoms with Gasteiger partial charge in [0.1, 0.15) is 0 Å². The Hall–Kier alpha value is -3.71. The number of benzene rings is 2. The second kappa shape index (κ2) is 8.80. The Morgan fingerprint density at radius 2 is 1.59 bits per heavy atom. The molecule has 0 aliphatic heterocycles. The van der Waals surface area contributed by atoms with Gasteiger partial charge in [-0.25, -0.2) is 9.67 Å². The van der Waals surface area contributed by atoms with E-state index in [1.54, 1.807) is 67.7 Å². The largest absolute Gasteiger partial charge is 0.320 e. The predicted molar refractivity (Wildman–Crippen MR) is 126 cm³/mol. The molecule has 0 atom stereocenters. The Bertz CT molecular complexity index is 1310. The first-order chi connectivity index (χ1) is 15.3. The van der Waals surface area contributed by atoms with Crippen LogP contribution in [0.2, 0.25) is 5.02 Å². The molecule has 0 saturated carbocycles. The number of hydrogen-bond donors (Lipinski definition) is 2. The van der Waals surface area contributed by atoms with Crippen molar-refractivity contribution in [3.8, 4) is 0 Å². The van der Waals surface area contributed by atoms with E-state index in [0.717, 1.165) is 11.0 Å². The zero-order valence-corrected chi connectivity index (χ0v) is 18.6. The van der Waals surface area contributed by atoms with E-state index in [4.69, 9.17) is 11.6 Å². The van der Waals surface area contributed by atoms with Gasteiger partial charge in [0, 0.05) is 22.0 Å². The number of aromatic nitrogens is 3. The minimum Gasteiger partial charge on any atom is -0.320 e. The topological polar surface area (TPSA) is 88.9 Å². The molecule has 2 aromatic heterocycles. The molecule has 8 heteroatoms. The van der Waals surface area contributed by atoms with Gasteiger partial charge in [0.05, 0.1) is 28.8 Å². The third-order valence-corrected chi connectivity index (χ3v) is 5.28. The number of nitrogens with zero attached hydrogens (tertiary/aromatic N) is 3. The normalized spacial score (nSPS) is 11.0. The summed E-state index contributed by atoms with van der Waals surface area (Å²) in [6.45, 7) is 5.85. The highest BCUT2D eigenvalue weighted by atomic mass is 35.5. The molecule has 0 saturated heterocycles. The fourth-order valence-electron chi connectivity index (χ4n) is 3.36. The Kier molecular flexibility index (Phi) is 5.92. The summed E-state index contributed by atoms with van der Waals surface area (Å²) in [5, 5.41) is 11.4. The summed E-state index contributed by atoms with van der Waals surface area (Å²) in [4.78, 5) is 30.3. The number of hydrogen-bond acceptors (Lipinski definition) is 4. The molecule has 7 nitrogen and oxygen atoms in total. The van der Waals surface area contributed by atoms with Crippen molar-refractivity contribution in [1.82, 2.24) is 14.8 Å². The molecule has 4 rings (SSSR count). The van der Waals surface area contributed by atoms with E-state index in [2.05, 4.69) is 20.7 Å². The second-order valence-corrected chi connectivity index (χ2v) is 8.11. The Morgan fingerprint density at radius 1 is 0.969 bits per heavy atom. The lowest BCUT2D eigenvalue weighted by Crippen LogP contribution is -2.18. The molecule has 32 heavy (non-hydrogen) atoms. The summed E-state index contributed by atoms with van der Waals surface area (Å²) >= 11 is 5.89. The summed E-state index contributed by atoms with van der Waals surface area (Å²) in [6, 6.07) is 15.6. The second-order valence-electron chi connectivity index (χ2n) is 7.68. The molecule has 2 amide bonds. The molecule has 2 aromatic carbocycles. The fourth-order valence-corrected chi connectivity index (χ4v) is 3.49. The number of pyridine rings is 1. The number of carbonyl (C=O) groups excluding carboxylic acids is 2. The van der Waals surface area contributed by atoms with Gasteiger partial charge in [-0.15, -0.1) is 0 Å². The highest BCUT2D eigenvalue weighted by Crippen LogP contribution is 2.25. The third kappa shape index (κ3) is 4.33. The number of nitrogens with one attached hydrogen (secondary N) is 2.